The second-order valence-electron chi connectivity index (χ2n) is 4.36. The van der Waals surface area contributed by atoms with Crippen molar-refractivity contribution in [1.29, 1.82) is 5.41 Å². The molecule has 5 N–H and O–H groups in total. The molecule has 1 amide bonds. The first kappa shape index (κ1) is 14.4. The van der Waals surface area contributed by atoms with Crippen molar-refractivity contribution < 1.29 is 19.4 Å². The highest BCUT2D eigenvalue weighted by atomic mass is 16.5. The van der Waals surface area contributed by atoms with Crippen LogP contribution in [0.5, 0.6) is 5.75 Å². The van der Waals surface area contributed by atoms with Gasteiger partial charge in [-0.25, -0.2) is 4.79 Å². The lowest BCUT2D eigenvalue weighted by atomic mass is 10.2. The molecule has 21 heavy (non-hydrogen) atoms. The summed E-state index contributed by atoms with van der Waals surface area (Å²) in [5.41, 5.74) is 6.16. The molecule has 1 aromatic carbocycles. The minimum absolute atomic E-state index is 0.276. The summed E-state index contributed by atoms with van der Waals surface area (Å²) in [6.07, 6.45) is 0. The lowest BCUT2D eigenvalue weighted by Gasteiger charge is -2.12. The zero-order valence-corrected chi connectivity index (χ0v) is 11.2. The van der Waals surface area contributed by atoms with Gasteiger partial charge < -0.3 is 20.6 Å². The van der Waals surface area contributed by atoms with E-state index in [4.69, 9.17) is 21.0 Å². The average Bonchev–Trinajstić information content (AvgIpc) is 2.86. The number of aliphatic carboxylic acids is 1. The molecule has 8 heteroatoms. The molecule has 0 radical (unpaired) electrons. The van der Waals surface area contributed by atoms with Gasteiger partial charge in [0.15, 0.2) is 12.6 Å². The fraction of sp³-hybridized carbons (Fsp3) is 0.154. The highest BCUT2D eigenvalue weighted by Gasteiger charge is 2.16. The number of nitrogens with one attached hydrogen (secondary N) is 2. The number of carbonyl (C=O) groups excluding carboxylic acids is 1. The third-order valence-corrected chi connectivity index (χ3v) is 2.85. The normalized spacial score (nSPS) is 10.3. The fourth-order valence-corrected chi connectivity index (χ4v) is 1.75. The first-order chi connectivity index (χ1) is 9.88. The Morgan fingerprint density at radius 3 is 2.76 bits per heavy atom. The van der Waals surface area contributed by atoms with Crippen molar-refractivity contribution in [2.45, 2.75) is 0 Å². The SMILES string of the molecule is CN(C(=N)N)C(=O)c1cc2ccc(OCC(=O)O)cc2[nH]1. The summed E-state index contributed by atoms with van der Waals surface area (Å²) in [7, 11) is 1.40. The molecular weight excluding hydrogens is 276 g/mol. The van der Waals surface area contributed by atoms with Crippen molar-refractivity contribution in [1.82, 2.24) is 9.88 Å². The third kappa shape index (κ3) is 3.11. The van der Waals surface area contributed by atoms with Crippen molar-refractivity contribution in [3.63, 3.8) is 0 Å². The van der Waals surface area contributed by atoms with Crippen LogP contribution in [0.2, 0.25) is 0 Å². The highest BCUT2D eigenvalue weighted by molar-refractivity contribution is 6.05. The number of aromatic amines is 1. The predicted molar refractivity (Wildman–Crippen MR) is 75.4 cm³/mol. The van der Waals surface area contributed by atoms with Crippen LogP contribution in [-0.2, 0) is 4.79 Å². The molecule has 0 saturated heterocycles. The van der Waals surface area contributed by atoms with Crippen LogP contribution in [-0.4, -0.2) is 46.5 Å². The minimum Gasteiger partial charge on any atom is -0.482 e. The lowest BCUT2D eigenvalue weighted by Crippen LogP contribution is -2.38. The number of fused-ring (bicyclic) bond motifs is 1. The van der Waals surface area contributed by atoms with Gasteiger partial charge in [0, 0.05) is 24.0 Å². The number of nitrogens with two attached hydrogens (primary N) is 1. The smallest absolute Gasteiger partial charge is 0.341 e. The van der Waals surface area contributed by atoms with Crippen LogP contribution in [0.4, 0.5) is 0 Å². The number of benzene rings is 1. The number of carbonyl (C=O) groups is 2. The first-order valence-corrected chi connectivity index (χ1v) is 5.98. The van der Waals surface area contributed by atoms with Gasteiger partial charge in [0.05, 0.1) is 0 Å². The predicted octanol–water partition coefficient (Wildman–Crippen LogP) is 0.597. The van der Waals surface area contributed by atoms with Gasteiger partial charge in [0.1, 0.15) is 11.4 Å². The number of aromatic nitrogens is 1. The number of H-pyrrole nitrogens is 1. The molecule has 1 heterocycles. The van der Waals surface area contributed by atoms with Crippen molar-refractivity contribution in [3.05, 3.63) is 30.0 Å². The number of hydrogen-bond donors (Lipinski definition) is 4. The van der Waals surface area contributed by atoms with Gasteiger partial charge in [-0.05, 0) is 18.2 Å². The second-order valence-corrected chi connectivity index (χ2v) is 4.36. The Bertz CT molecular complexity index is 722. The van der Waals surface area contributed by atoms with Crippen LogP contribution in [0.3, 0.4) is 0 Å². The van der Waals surface area contributed by atoms with E-state index in [0.717, 1.165) is 10.3 Å². The Kier molecular flexibility index (Phi) is 3.79. The summed E-state index contributed by atoms with van der Waals surface area (Å²) in [4.78, 5) is 26.4. The topological polar surface area (TPSA) is 133 Å². The minimum atomic E-state index is -1.07. The molecule has 8 nitrogen and oxygen atoms in total. The zero-order valence-electron chi connectivity index (χ0n) is 11.2. The Labute approximate surface area is 119 Å². The van der Waals surface area contributed by atoms with E-state index in [-0.39, 0.29) is 11.7 Å². The van der Waals surface area contributed by atoms with Crippen LogP contribution < -0.4 is 10.5 Å². The van der Waals surface area contributed by atoms with E-state index in [1.807, 2.05) is 0 Å². The molecule has 0 aliphatic carbocycles. The summed E-state index contributed by atoms with van der Waals surface area (Å²) in [6, 6.07) is 6.54. The summed E-state index contributed by atoms with van der Waals surface area (Å²) in [6.45, 7) is -0.439. The van der Waals surface area contributed by atoms with Crippen LogP contribution >= 0.6 is 0 Å². The summed E-state index contributed by atoms with van der Waals surface area (Å²) >= 11 is 0. The van der Waals surface area contributed by atoms with E-state index in [1.54, 1.807) is 24.3 Å². The van der Waals surface area contributed by atoms with Crippen LogP contribution in [0.15, 0.2) is 24.3 Å². The first-order valence-electron chi connectivity index (χ1n) is 5.98. The maximum atomic E-state index is 12.0. The highest BCUT2D eigenvalue weighted by Crippen LogP contribution is 2.22. The molecule has 0 aliphatic heterocycles. The molecule has 2 aromatic rings. The van der Waals surface area contributed by atoms with Crippen LogP contribution in [0.25, 0.3) is 10.9 Å². The molecular formula is C13H14N4O4. The third-order valence-electron chi connectivity index (χ3n) is 2.85. The standard InChI is InChI=1S/C13H14N4O4/c1-17(13(14)15)12(20)10-4-7-2-3-8(5-9(7)16-10)21-6-11(18)19/h2-5,16H,6H2,1H3,(H3,14,15)(H,18,19). The molecule has 0 bridgehead atoms. The van der Waals surface area contributed by atoms with Gasteiger partial charge in [-0.15, -0.1) is 0 Å². The van der Waals surface area contributed by atoms with Crippen LogP contribution in [0.1, 0.15) is 10.5 Å². The van der Waals surface area contributed by atoms with Gasteiger partial charge in [0.25, 0.3) is 5.91 Å². The van der Waals surface area contributed by atoms with E-state index in [2.05, 4.69) is 4.98 Å². The van der Waals surface area contributed by atoms with Gasteiger partial charge >= 0.3 is 5.97 Å². The number of amides is 1. The number of rotatable bonds is 4. The van der Waals surface area contributed by atoms with E-state index in [1.165, 1.54) is 7.05 Å². The van der Waals surface area contributed by atoms with E-state index < -0.39 is 18.5 Å². The molecule has 0 spiro atoms. The molecule has 0 atom stereocenters. The molecule has 0 aliphatic rings. The molecule has 1 aromatic heterocycles. The quantitative estimate of drug-likeness (QED) is 0.483. The summed E-state index contributed by atoms with van der Waals surface area (Å²) in [5, 5.41) is 16.6. The Morgan fingerprint density at radius 1 is 1.43 bits per heavy atom. The van der Waals surface area contributed by atoms with Crippen LogP contribution in [0, 0.1) is 5.41 Å². The molecule has 0 saturated carbocycles. The van der Waals surface area contributed by atoms with E-state index in [9.17, 15) is 9.59 Å². The van der Waals surface area contributed by atoms with E-state index >= 15 is 0 Å². The molecule has 0 unspecified atom stereocenters. The number of carboxylic acids is 1. The fourth-order valence-electron chi connectivity index (χ4n) is 1.75. The summed E-state index contributed by atoms with van der Waals surface area (Å²) in [5.74, 6) is -1.48. The van der Waals surface area contributed by atoms with Gasteiger partial charge in [-0.2, -0.15) is 0 Å². The van der Waals surface area contributed by atoms with Crippen molar-refractivity contribution in [3.8, 4) is 5.75 Å². The Hall–Kier alpha value is -3.03. The van der Waals surface area contributed by atoms with Gasteiger partial charge in [0.2, 0.25) is 0 Å². The molecule has 110 valence electrons. The van der Waals surface area contributed by atoms with E-state index in [0.29, 0.717) is 11.3 Å². The molecule has 2 rings (SSSR count). The van der Waals surface area contributed by atoms with Gasteiger partial charge in [-0.3, -0.25) is 15.1 Å². The second kappa shape index (κ2) is 5.53. The maximum absolute atomic E-state index is 12.0. The molecule has 0 fully saturated rings. The Morgan fingerprint density at radius 2 is 2.14 bits per heavy atom. The number of hydrogen-bond acceptors (Lipinski definition) is 4. The van der Waals surface area contributed by atoms with Gasteiger partial charge in [-0.1, -0.05) is 0 Å². The van der Waals surface area contributed by atoms with Crippen molar-refractivity contribution in [2.75, 3.05) is 13.7 Å². The lowest BCUT2D eigenvalue weighted by molar-refractivity contribution is -0.139. The van der Waals surface area contributed by atoms with Crippen molar-refractivity contribution >= 4 is 28.7 Å². The maximum Gasteiger partial charge on any atom is 0.341 e. The number of guanidine groups is 1. The Balaban J connectivity index is 2.27. The average molecular weight is 290 g/mol. The number of nitrogens with zero attached hydrogens (tertiary/aromatic N) is 1. The van der Waals surface area contributed by atoms with Crippen molar-refractivity contribution in [2.24, 2.45) is 5.73 Å². The number of ether oxygens (including phenoxy) is 1. The zero-order chi connectivity index (χ0) is 15.6. The largest absolute Gasteiger partial charge is 0.482 e. The number of carboxylic acid groups (broad SMARTS) is 1. The monoisotopic (exact) mass is 290 g/mol. The summed E-state index contributed by atoms with van der Waals surface area (Å²) < 4.78 is 5.06.